The molecule has 0 bridgehead atoms. The molecule has 0 unspecified atom stereocenters. The lowest BCUT2D eigenvalue weighted by molar-refractivity contribution is -0.0539. The van der Waals surface area contributed by atoms with Gasteiger partial charge in [0, 0.05) is 0 Å². The van der Waals surface area contributed by atoms with Gasteiger partial charge in [0.25, 0.3) is 0 Å². The molecule has 98 valence electrons. The molecular weight excluding hydrogens is 212 g/mol. The highest BCUT2D eigenvalue weighted by atomic mass is 16.3. The third-order valence-electron chi connectivity index (χ3n) is 5.08. The molecule has 0 aliphatic heterocycles. The fraction of sp³-hybridized carbons (Fsp3) is 0.867. The molecule has 0 saturated heterocycles. The Morgan fingerprint density at radius 2 is 1.88 bits per heavy atom. The van der Waals surface area contributed by atoms with Crippen molar-refractivity contribution in [3.05, 3.63) is 11.6 Å². The molecule has 2 nitrogen and oxygen atoms in total. The van der Waals surface area contributed by atoms with E-state index in [9.17, 15) is 10.2 Å². The fourth-order valence-electron chi connectivity index (χ4n) is 3.75. The number of aliphatic hydroxyl groups is 2. The molecule has 0 spiro atoms. The second kappa shape index (κ2) is 4.10. The lowest BCUT2D eigenvalue weighted by atomic mass is 9.62. The van der Waals surface area contributed by atoms with Crippen molar-refractivity contribution in [2.24, 2.45) is 17.3 Å². The number of hydrogen-bond donors (Lipinski definition) is 2. The monoisotopic (exact) mass is 238 g/mol. The van der Waals surface area contributed by atoms with Gasteiger partial charge in [0.05, 0.1) is 11.7 Å². The van der Waals surface area contributed by atoms with Gasteiger partial charge in [-0.05, 0) is 55.9 Å². The SMILES string of the molecule is CC1=C[C@H]2[C@@H](C[C@H]1O)[C@@](C)(O)CCCC2(C)C. The minimum absolute atomic E-state index is 0.193. The molecule has 0 radical (unpaired) electrons. The van der Waals surface area contributed by atoms with Gasteiger partial charge < -0.3 is 10.2 Å². The van der Waals surface area contributed by atoms with Crippen LogP contribution < -0.4 is 0 Å². The highest BCUT2D eigenvalue weighted by Crippen LogP contribution is 2.51. The molecule has 0 aromatic rings. The van der Waals surface area contributed by atoms with Crippen molar-refractivity contribution < 1.29 is 10.2 Å². The summed E-state index contributed by atoms with van der Waals surface area (Å²) in [6.45, 7) is 8.56. The number of rotatable bonds is 0. The second-order valence-corrected chi connectivity index (χ2v) is 6.99. The van der Waals surface area contributed by atoms with Crippen LogP contribution in [0.5, 0.6) is 0 Å². The first kappa shape index (κ1) is 13.1. The van der Waals surface area contributed by atoms with E-state index in [4.69, 9.17) is 0 Å². The maximum atomic E-state index is 10.6. The topological polar surface area (TPSA) is 40.5 Å². The maximum Gasteiger partial charge on any atom is 0.0751 e. The minimum atomic E-state index is -0.628. The molecule has 4 atom stereocenters. The first-order valence-electron chi connectivity index (χ1n) is 6.83. The summed E-state index contributed by atoms with van der Waals surface area (Å²) in [6.07, 6.45) is 5.66. The van der Waals surface area contributed by atoms with Crippen LogP contribution in [0.25, 0.3) is 0 Å². The zero-order valence-corrected chi connectivity index (χ0v) is 11.5. The Morgan fingerprint density at radius 3 is 2.53 bits per heavy atom. The molecule has 1 saturated carbocycles. The Bertz CT molecular complexity index is 328. The zero-order valence-electron chi connectivity index (χ0n) is 11.5. The van der Waals surface area contributed by atoms with Gasteiger partial charge in [-0.3, -0.25) is 0 Å². The molecule has 0 aromatic heterocycles. The smallest absolute Gasteiger partial charge is 0.0751 e. The van der Waals surface area contributed by atoms with Crippen LogP contribution in [0, 0.1) is 17.3 Å². The van der Waals surface area contributed by atoms with Gasteiger partial charge in [-0.25, -0.2) is 0 Å². The Labute approximate surface area is 105 Å². The standard InChI is InChI=1S/C15H26O2/c1-10-8-11-12(9-13(10)16)15(4,17)7-5-6-14(11,2)3/h8,11-13,16-17H,5-7,9H2,1-4H3/t11-,12+,13+,15-/m0/s1. The Kier molecular flexibility index (Phi) is 3.16. The Balaban J connectivity index is 2.41. The lowest BCUT2D eigenvalue weighted by Crippen LogP contribution is -2.45. The summed E-state index contributed by atoms with van der Waals surface area (Å²) in [5.41, 5.74) is 0.681. The zero-order chi connectivity index (χ0) is 12.8. The van der Waals surface area contributed by atoms with Gasteiger partial charge in [-0.15, -0.1) is 0 Å². The van der Waals surface area contributed by atoms with E-state index in [1.54, 1.807) is 0 Å². The van der Waals surface area contributed by atoms with Crippen molar-refractivity contribution in [1.82, 2.24) is 0 Å². The van der Waals surface area contributed by atoms with Crippen LogP contribution in [-0.4, -0.2) is 21.9 Å². The van der Waals surface area contributed by atoms with Crippen LogP contribution in [-0.2, 0) is 0 Å². The number of allylic oxidation sites excluding steroid dienone is 1. The van der Waals surface area contributed by atoms with E-state index >= 15 is 0 Å². The van der Waals surface area contributed by atoms with Gasteiger partial charge in [-0.1, -0.05) is 26.3 Å². The molecule has 0 heterocycles. The van der Waals surface area contributed by atoms with Crippen LogP contribution in [0.4, 0.5) is 0 Å². The van der Waals surface area contributed by atoms with Crippen molar-refractivity contribution in [1.29, 1.82) is 0 Å². The van der Waals surface area contributed by atoms with Crippen molar-refractivity contribution in [3.8, 4) is 0 Å². The fourth-order valence-corrected chi connectivity index (χ4v) is 3.75. The number of aliphatic hydroxyl groups excluding tert-OH is 1. The highest BCUT2D eigenvalue weighted by molar-refractivity contribution is 5.18. The van der Waals surface area contributed by atoms with E-state index in [1.807, 2.05) is 13.8 Å². The number of fused-ring (bicyclic) bond motifs is 1. The summed E-state index contributed by atoms with van der Waals surface area (Å²) >= 11 is 0. The van der Waals surface area contributed by atoms with Crippen molar-refractivity contribution in [2.45, 2.75) is 65.1 Å². The average molecular weight is 238 g/mol. The molecule has 2 N–H and O–H groups in total. The van der Waals surface area contributed by atoms with Gasteiger partial charge in [0.2, 0.25) is 0 Å². The van der Waals surface area contributed by atoms with Crippen molar-refractivity contribution in [3.63, 3.8) is 0 Å². The third-order valence-corrected chi connectivity index (χ3v) is 5.08. The van der Waals surface area contributed by atoms with Crippen LogP contribution in [0.15, 0.2) is 11.6 Å². The van der Waals surface area contributed by atoms with E-state index in [1.165, 1.54) is 0 Å². The molecule has 17 heavy (non-hydrogen) atoms. The van der Waals surface area contributed by atoms with Crippen LogP contribution in [0.3, 0.4) is 0 Å². The van der Waals surface area contributed by atoms with Crippen molar-refractivity contribution in [2.75, 3.05) is 0 Å². The summed E-state index contributed by atoms with van der Waals surface area (Å²) in [7, 11) is 0. The molecular formula is C15H26O2. The lowest BCUT2D eigenvalue weighted by Gasteiger charge is -2.45. The largest absolute Gasteiger partial charge is 0.390 e. The van der Waals surface area contributed by atoms with Crippen LogP contribution in [0.1, 0.15) is 53.4 Å². The molecule has 2 aliphatic rings. The molecule has 2 rings (SSSR count). The molecule has 0 amide bonds. The molecule has 2 heteroatoms. The summed E-state index contributed by atoms with van der Waals surface area (Å²) in [5.74, 6) is 0.585. The molecule has 2 aliphatic carbocycles. The van der Waals surface area contributed by atoms with E-state index < -0.39 is 5.60 Å². The average Bonchev–Trinajstić information content (AvgIpc) is 2.27. The Hall–Kier alpha value is -0.340. The third kappa shape index (κ3) is 2.30. The summed E-state index contributed by atoms with van der Waals surface area (Å²) in [4.78, 5) is 0. The normalized spacial score (nSPS) is 45.8. The quantitative estimate of drug-likeness (QED) is 0.637. The molecule has 0 aromatic carbocycles. The van der Waals surface area contributed by atoms with Crippen molar-refractivity contribution >= 4 is 0 Å². The van der Waals surface area contributed by atoms with E-state index in [0.29, 0.717) is 12.3 Å². The predicted molar refractivity (Wildman–Crippen MR) is 69.6 cm³/mol. The summed E-state index contributed by atoms with van der Waals surface area (Å²) in [5, 5.41) is 20.7. The highest BCUT2D eigenvalue weighted by Gasteiger charge is 2.48. The van der Waals surface area contributed by atoms with Crippen LogP contribution >= 0.6 is 0 Å². The maximum absolute atomic E-state index is 10.6. The van der Waals surface area contributed by atoms with Gasteiger partial charge >= 0.3 is 0 Å². The van der Waals surface area contributed by atoms with E-state index in [-0.39, 0.29) is 17.4 Å². The summed E-state index contributed by atoms with van der Waals surface area (Å²) < 4.78 is 0. The predicted octanol–water partition coefficient (Wildman–Crippen LogP) is 2.89. The van der Waals surface area contributed by atoms with Gasteiger partial charge in [0.1, 0.15) is 0 Å². The van der Waals surface area contributed by atoms with Gasteiger partial charge in [0.15, 0.2) is 0 Å². The van der Waals surface area contributed by atoms with Gasteiger partial charge in [-0.2, -0.15) is 0 Å². The van der Waals surface area contributed by atoms with Crippen LogP contribution in [0.2, 0.25) is 0 Å². The first-order chi connectivity index (χ1) is 7.74. The number of hydrogen-bond acceptors (Lipinski definition) is 2. The minimum Gasteiger partial charge on any atom is -0.390 e. The Morgan fingerprint density at radius 1 is 1.24 bits per heavy atom. The van der Waals surface area contributed by atoms with E-state index in [2.05, 4.69) is 19.9 Å². The summed E-state index contributed by atoms with van der Waals surface area (Å²) in [6, 6.07) is 0. The first-order valence-corrected chi connectivity index (χ1v) is 6.83. The second-order valence-electron chi connectivity index (χ2n) is 6.99. The molecule has 1 fully saturated rings. The van der Waals surface area contributed by atoms with E-state index in [0.717, 1.165) is 24.8 Å².